The van der Waals surface area contributed by atoms with Gasteiger partial charge in [-0.3, -0.25) is 4.79 Å². The molecule has 0 aliphatic heterocycles. The highest BCUT2D eigenvalue weighted by Crippen LogP contribution is 2.12. The Morgan fingerprint density at radius 2 is 1.91 bits per heavy atom. The SMILES string of the molecule is CC(Cc1cccs1)NC(=O)c1ccc(CS(C)(=O)=O)cc1. The second-order valence-corrected chi connectivity index (χ2v) is 8.60. The molecule has 0 saturated heterocycles. The summed E-state index contributed by atoms with van der Waals surface area (Å²) in [4.78, 5) is 13.4. The lowest BCUT2D eigenvalue weighted by atomic mass is 10.1. The van der Waals surface area contributed by atoms with Crippen molar-refractivity contribution >= 4 is 27.1 Å². The first-order valence-corrected chi connectivity index (χ1v) is 9.87. The highest BCUT2D eigenvalue weighted by Gasteiger charge is 2.11. The number of amides is 1. The number of rotatable bonds is 6. The fourth-order valence-corrected chi connectivity index (χ4v) is 3.78. The van der Waals surface area contributed by atoms with Crippen LogP contribution in [0.5, 0.6) is 0 Å². The number of hydrogen-bond acceptors (Lipinski definition) is 4. The van der Waals surface area contributed by atoms with Gasteiger partial charge in [0.2, 0.25) is 0 Å². The van der Waals surface area contributed by atoms with E-state index in [9.17, 15) is 13.2 Å². The Bertz CT molecular complexity index is 719. The number of benzene rings is 1. The summed E-state index contributed by atoms with van der Waals surface area (Å²) in [6.45, 7) is 1.97. The molecule has 4 nitrogen and oxygen atoms in total. The molecule has 0 spiro atoms. The zero-order valence-corrected chi connectivity index (χ0v) is 14.2. The average Bonchev–Trinajstić information content (AvgIpc) is 2.90. The zero-order valence-electron chi connectivity index (χ0n) is 12.6. The quantitative estimate of drug-likeness (QED) is 0.881. The third-order valence-corrected chi connectivity index (χ3v) is 4.87. The lowest BCUT2D eigenvalue weighted by Crippen LogP contribution is -2.33. The summed E-state index contributed by atoms with van der Waals surface area (Å²) in [7, 11) is -3.06. The fraction of sp³-hybridized carbons (Fsp3) is 0.312. The highest BCUT2D eigenvalue weighted by atomic mass is 32.2. The maximum atomic E-state index is 12.2. The molecule has 0 saturated carbocycles. The van der Waals surface area contributed by atoms with E-state index in [2.05, 4.69) is 5.32 Å². The molecule has 1 aromatic carbocycles. The molecule has 0 bridgehead atoms. The van der Waals surface area contributed by atoms with Gasteiger partial charge >= 0.3 is 0 Å². The number of sulfone groups is 1. The highest BCUT2D eigenvalue weighted by molar-refractivity contribution is 7.89. The molecular formula is C16H19NO3S2. The number of hydrogen-bond donors (Lipinski definition) is 1. The van der Waals surface area contributed by atoms with Gasteiger partial charge in [0.15, 0.2) is 9.84 Å². The standard InChI is InChI=1S/C16H19NO3S2/c1-12(10-15-4-3-9-21-15)17-16(18)14-7-5-13(6-8-14)11-22(2,19)20/h3-9,12H,10-11H2,1-2H3,(H,17,18). The van der Waals surface area contributed by atoms with E-state index in [0.717, 1.165) is 6.42 Å². The molecule has 1 unspecified atom stereocenters. The summed E-state index contributed by atoms with van der Waals surface area (Å²) in [6, 6.07) is 10.8. The molecule has 2 rings (SSSR count). The van der Waals surface area contributed by atoms with Gasteiger partial charge in [-0.1, -0.05) is 18.2 Å². The average molecular weight is 337 g/mol. The molecule has 0 fully saturated rings. The molecule has 1 amide bonds. The first kappa shape index (κ1) is 16.7. The van der Waals surface area contributed by atoms with Crippen LogP contribution in [0.4, 0.5) is 0 Å². The van der Waals surface area contributed by atoms with Crippen LogP contribution in [0.25, 0.3) is 0 Å². The van der Waals surface area contributed by atoms with Gasteiger partial charge in [0.1, 0.15) is 0 Å². The van der Waals surface area contributed by atoms with Crippen LogP contribution in [0, 0.1) is 0 Å². The Balaban J connectivity index is 1.94. The van der Waals surface area contributed by atoms with E-state index in [1.165, 1.54) is 11.1 Å². The molecule has 0 aliphatic carbocycles. The van der Waals surface area contributed by atoms with E-state index in [0.29, 0.717) is 11.1 Å². The number of thiophene rings is 1. The first-order chi connectivity index (χ1) is 10.3. The summed E-state index contributed by atoms with van der Waals surface area (Å²) >= 11 is 1.67. The van der Waals surface area contributed by atoms with Crippen molar-refractivity contribution in [3.05, 3.63) is 57.8 Å². The van der Waals surface area contributed by atoms with Gasteiger partial charge in [-0.05, 0) is 36.1 Å². The van der Waals surface area contributed by atoms with Crippen molar-refractivity contribution in [2.75, 3.05) is 6.26 Å². The van der Waals surface area contributed by atoms with Gasteiger partial charge in [0.05, 0.1) is 5.75 Å². The van der Waals surface area contributed by atoms with Crippen molar-refractivity contribution in [2.24, 2.45) is 0 Å². The minimum Gasteiger partial charge on any atom is -0.349 e. The molecule has 1 heterocycles. The molecule has 2 aromatic rings. The predicted molar refractivity (Wildman–Crippen MR) is 89.9 cm³/mol. The maximum absolute atomic E-state index is 12.2. The van der Waals surface area contributed by atoms with Crippen LogP contribution in [0.2, 0.25) is 0 Å². The van der Waals surface area contributed by atoms with Gasteiger partial charge in [-0.25, -0.2) is 8.42 Å². The van der Waals surface area contributed by atoms with Crippen LogP contribution in [0.15, 0.2) is 41.8 Å². The lowest BCUT2D eigenvalue weighted by molar-refractivity contribution is 0.0940. The Hall–Kier alpha value is -1.66. The van der Waals surface area contributed by atoms with E-state index in [4.69, 9.17) is 0 Å². The van der Waals surface area contributed by atoms with E-state index >= 15 is 0 Å². The topological polar surface area (TPSA) is 63.2 Å². The van der Waals surface area contributed by atoms with Crippen LogP contribution in [0.3, 0.4) is 0 Å². The van der Waals surface area contributed by atoms with Crippen molar-refractivity contribution in [1.29, 1.82) is 0 Å². The number of carbonyl (C=O) groups excluding carboxylic acids is 1. The molecule has 6 heteroatoms. The summed E-state index contributed by atoms with van der Waals surface area (Å²) in [6.07, 6.45) is 2.00. The molecule has 0 radical (unpaired) electrons. The minimum atomic E-state index is -3.06. The molecule has 1 aromatic heterocycles. The smallest absolute Gasteiger partial charge is 0.251 e. The summed E-state index contributed by atoms with van der Waals surface area (Å²) in [5.74, 6) is -0.154. The molecule has 1 N–H and O–H groups in total. The molecular weight excluding hydrogens is 318 g/mol. The van der Waals surface area contributed by atoms with Gasteiger partial charge < -0.3 is 5.32 Å². The normalized spacial score (nSPS) is 12.8. The van der Waals surface area contributed by atoms with Crippen LogP contribution in [-0.2, 0) is 22.0 Å². The third kappa shape index (κ3) is 5.27. The van der Waals surface area contributed by atoms with Gasteiger partial charge in [0.25, 0.3) is 5.91 Å². The summed E-state index contributed by atoms with van der Waals surface area (Å²) < 4.78 is 22.5. The van der Waals surface area contributed by atoms with Crippen molar-refractivity contribution in [2.45, 2.75) is 25.1 Å². The third-order valence-electron chi connectivity index (χ3n) is 3.11. The Morgan fingerprint density at radius 3 is 2.45 bits per heavy atom. The zero-order chi connectivity index (χ0) is 16.2. The second-order valence-electron chi connectivity index (χ2n) is 5.43. The maximum Gasteiger partial charge on any atom is 0.251 e. The largest absolute Gasteiger partial charge is 0.349 e. The number of nitrogens with one attached hydrogen (secondary N) is 1. The Kier molecular flexibility index (Phi) is 5.37. The monoisotopic (exact) mass is 337 g/mol. The second kappa shape index (κ2) is 7.07. The molecule has 118 valence electrons. The van der Waals surface area contributed by atoms with E-state index in [1.807, 2.05) is 24.4 Å². The molecule has 0 aliphatic rings. The van der Waals surface area contributed by atoms with Crippen LogP contribution < -0.4 is 5.32 Å². The summed E-state index contributed by atoms with van der Waals surface area (Å²) in [5, 5.41) is 4.97. The van der Waals surface area contributed by atoms with E-state index in [-0.39, 0.29) is 17.7 Å². The fourth-order valence-electron chi connectivity index (χ4n) is 2.14. The lowest BCUT2D eigenvalue weighted by Gasteiger charge is -2.13. The Labute approximate surface area is 135 Å². The van der Waals surface area contributed by atoms with Crippen molar-refractivity contribution < 1.29 is 13.2 Å². The van der Waals surface area contributed by atoms with E-state index in [1.54, 1.807) is 35.6 Å². The van der Waals surface area contributed by atoms with Crippen molar-refractivity contribution in [1.82, 2.24) is 5.32 Å². The minimum absolute atomic E-state index is 0.0102. The van der Waals surface area contributed by atoms with E-state index < -0.39 is 9.84 Å². The van der Waals surface area contributed by atoms with Crippen molar-refractivity contribution in [3.8, 4) is 0 Å². The summed E-state index contributed by atoms with van der Waals surface area (Å²) in [5.41, 5.74) is 1.22. The first-order valence-electron chi connectivity index (χ1n) is 6.93. The Morgan fingerprint density at radius 1 is 1.23 bits per heavy atom. The molecule has 1 atom stereocenters. The van der Waals surface area contributed by atoms with Crippen molar-refractivity contribution in [3.63, 3.8) is 0 Å². The van der Waals surface area contributed by atoms with Crippen LogP contribution in [0.1, 0.15) is 27.7 Å². The van der Waals surface area contributed by atoms with Crippen LogP contribution >= 0.6 is 11.3 Å². The molecule has 22 heavy (non-hydrogen) atoms. The number of carbonyl (C=O) groups is 1. The van der Waals surface area contributed by atoms with Gasteiger partial charge in [-0.15, -0.1) is 11.3 Å². The van der Waals surface area contributed by atoms with Crippen LogP contribution in [-0.4, -0.2) is 26.6 Å². The van der Waals surface area contributed by atoms with Gasteiger partial charge in [-0.2, -0.15) is 0 Å². The van der Waals surface area contributed by atoms with Gasteiger partial charge in [0, 0.05) is 29.2 Å². The predicted octanol–water partition coefficient (Wildman–Crippen LogP) is 2.65.